The first-order valence-electron chi connectivity index (χ1n) is 7.82. The number of methoxy groups -OCH3 is 1. The Labute approximate surface area is 164 Å². The zero-order chi connectivity index (χ0) is 18.5. The Balaban J connectivity index is 1.73. The molecular formula is C19H17BrN2O3S. The number of aryl methyl sites for hydroxylation is 1. The monoisotopic (exact) mass is 432 g/mol. The zero-order valence-electron chi connectivity index (χ0n) is 14.3. The van der Waals surface area contributed by atoms with E-state index in [2.05, 4.69) is 26.2 Å². The van der Waals surface area contributed by atoms with Gasteiger partial charge in [-0.05, 0) is 48.9 Å². The number of rotatable bonds is 6. The van der Waals surface area contributed by atoms with Gasteiger partial charge in [-0.2, -0.15) is 0 Å². The molecule has 0 aliphatic heterocycles. The third kappa shape index (κ3) is 4.42. The summed E-state index contributed by atoms with van der Waals surface area (Å²) in [6.07, 6.45) is 0. The van der Waals surface area contributed by atoms with Crippen molar-refractivity contribution in [3.8, 4) is 11.5 Å². The fourth-order valence-electron chi connectivity index (χ4n) is 2.31. The van der Waals surface area contributed by atoms with Gasteiger partial charge in [-0.1, -0.05) is 15.9 Å². The number of amides is 1. The first-order chi connectivity index (χ1) is 12.6. The van der Waals surface area contributed by atoms with E-state index in [-0.39, 0.29) is 5.91 Å². The number of carbonyl (C=O) groups excluding carboxylic acids is 1. The van der Waals surface area contributed by atoms with E-state index in [4.69, 9.17) is 9.47 Å². The van der Waals surface area contributed by atoms with Crippen molar-refractivity contribution in [3.63, 3.8) is 0 Å². The number of hydrogen-bond donors (Lipinski definition) is 1. The fraction of sp³-hybridized carbons (Fsp3) is 0.158. The van der Waals surface area contributed by atoms with Crippen molar-refractivity contribution in [1.82, 2.24) is 4.98 Å². The first kappa shape index (κ1) is 18.4. The van der Waals surface area contributed by atoms with Crippen LogP contribution in [0.5, 0.6) is 11.5 Å². The summed E-state index contributed by atoms with van der Waals surface area (Å²) in [5.41, 5.74) is 4.88. The molecular weight excluding hydrogens is 416 g/mol. The number of carbonyl (C=O) groups is 1. The second kappa shape index (κ2) is 8.33. The van der Waals surface area contributed by atoms with E-state index in [0.717, 1.165) is 21.4 Å². The molecule has 0 aliphatic carbocycles. The molecule has 5 nitrogen and oxygen atoms in total. The Morgan fingerprint density at radius 1 is 1.23 bits per heavy atom. The van der Waals surface area contributed by atoms with Crippen LogP contribution in [0.15, 0.2) is 51.8 Å². The van der Waals surface area contributed by atoms with Crippen molar-refractivity contribution < 1.29 is 14.3 Å². The van der Waals surface area contributed by atoms with Crippen LogP contribution in [-0.4, -0.2) is 18.0 Å². The summed E-state index contributed by atoms with van der Waals surface area (Å²) < 4.78 is 12.1. The zero-order valence-corrected chi connectivity index (χ0v) is 16.7. The summed E-state index contributed by atoms with van der Waals surface area (Å²) in [6.45, 7) is 2.32. The van der Waals surface area contributed by atoms with Gasteiger partial charge >= 0.3 is 0 Å². The SMILES string of the molecule is COc1cc(C(=O)Nc2ccc(Br)c(C)c2)ccc1OCc1cscn1. The maximum atomic E-state index is 12.5. The molecule has 0 fully saturated rings. The van der Waals surface area contributed by atoms with Crippen LogP contribution < -0.4 is 14.8 Å². The Kier molecular flexibility index (Phi) is 5.90. The largest absolute Gasteiger partial charge is 0.493 e. The number of nitrogens with one attached hydrogen (secondary N) is 1. The molecule has 0 unspecified atom stereocenters. The molecule has 0 radical (unpaired) electrons. The van der Waals surface area contributed by atoms with E-state index >= 15 is 0 Å². The van der Waals surface area contributed by atoms with Gasteiger partial charge in [0.15, 0.2) is 11.5 Å². The third-order valence-corrected chi connectivity index (χ3v) is 5.23. The molecule has 134 valence electrons. The van der Waals surface area contributed by atoms with Crippen LogP contribution >= 0.6 is 27.3 Å². The highest BCUT2D eigenvalue weighted by Crippen LogP contribution is 2.29. The molecule has 0 spiro atoms. The quantitative estimate of drug-likeness (QED) is 0.591. The first-order valence-corrected chi connectivity index (χ1v) is 9.56. The molecule has 0 atom stereocenters. The van der Waals surface area contributed by atoms with Crippen molar-refractivity contribution >= 4 is 38.9 Å². The summed E-state index contributed by atoms with van der Waals surface area (Å²) in [5, 5.41) is 4.81. The smallest absolute Gasteiger partial charge is 0.255 e. The molecule has 7 heteroatoms. The summed E-state index contributed by atoms with van der Waals surface area (Å²) in [5.74, 6) is 0.854. The molecule has 1 heterocycles. The normalized spacial score (nSPS) is 10.4. The van der Waals surface area contributed by atoms with Gasteiger partial charge in [-0.3, -0.25) is 4.79 Å². The molecule has 0 bridgehead atoms. The summed E-state index contributed by atoms with van der Waals surface area (Å²) in [6, 6.07) is 10.8. The van der Waals surface area contributed by atoms with E-state index in [0.29, 0.717) is 23.7 Å². The molecule has 3 rings (SSSR count). The molecule has 1 N–H and O–H groups in total. The molecule has 2 aromatic carbocycles. The van der Waals surface area contributed by atoms with Gasteiger partial charge in [0.05, 0.1) is 18.3 Å². The van der Waals surface area contributed by atoms with Crippen molar-refractivity contribution in [3.05, 3.63) is 68.6 Å². The van der Waals surface area contributed by atoms with Crippen LogP contribution in [0.1, 0.15) is 21.6 Å². The van der Waals surface area contributed by atoms with Gasteiger partial charge < -0.3 is 14.8 Å². The standard InChI is InChI=1S/C19H17BrN2O3S/c1-12-7-14(4-5-16(12)20)22-19(23)13-3-6-17(18(8-13)24-2)25-9-15-10-26-11-21-15/h3-8,10-11H,9H2,1-2H3,(H,22,23). The van der Waals surface area contributed by atoms with Crippen molar-refractivity contribution in [2.75, 3.05) is 12.4 Å². The minimum absolute atomic E-state index is 0.212. The van der Waals surface area contributed by atoms with Crippen molar-refractivity contribution in [1.29, 1.82) is 0 Å². The van der Waals surface area contributed by atoms with Gasteiger partial charge in [-0.15, -0.1) is 11.3 Å². The number of anilines is 1. The number of benzene rings is 2. The fourth-order valence-corrected chi connectivity index (χ4v) is 3.10. The minimum Gasteiger partial charge on any atom is -0.493 e. The van der Waals surface area contributed by atoms with Crippen LogP contribution in [0.4, 0.5) is 5.69 Å². The van der Waals surface area contributed by atoms with Gasteiger partial charge in [0.25, 0.3) is 5.91 Å². The number of aromatic nitrogens is 1. The van der Waals surface area contributed by atoms with E-state index in [9.17, 15) is 4.79 Å². The predicted octanol–water partition coefficient (Wildman–Crippen LogP) is 5.05. The maximum absolute atomic E-state index is 12.5. The van der Waals surface area contributed by atoms with Crippen LogP contribution in [0.2, 0.25) is 0 Å². The van der Waals surface area contributed by atoms with Crippen LogP contribution in [-0.2, 0) is 6.61 Å². The number of halogens is 1. The van der Waals surface area contributed by atoms with E-state index in [1.54, 1.807) is 30.8 Å². The van der Waals surface area contributed by atoms with Gasteiger partial charge in [-0.25, -0.2) is 4.98 Å². The lowest BCUT2D eigenvalue weighted by molar-refractivity contribution is 0.102. The number of nitrogens with zero attached hydrogens (tertiary/aromatic N) is 1. The van der Waals surface area contributed by atoms with E-state index < -0.39 is 0 Å². The molecule has 26 heavy (non-hydrogen) atoms. The highest BCUT2D eigenvalue weighted by atomic mass is 79.9. The van der Waals surface area contributed by atoms with Gasteiger partial charge in [0.1, 0.15) is 6.61 Å². The van der Waals surface area contributed by atoms with Crippen LogP contribution in [0.3, 0.4) is 0 Å². The molecule has 0 saturated heterocycles. The Bertz CT molecular complexity index is 913. The molecule has 3 aromatic rings. The van der Waals surface area contributed by atoms with E-state index in [1.165, 1.54) is 11.3 Å². The van der Waals surface area contributed by atoms with Crippen LogP contribution in [0.25, 0.3) is 0 Å². The number of ether oxygens (including phenoxy) is 2. The lowest BCUT2D eigenvalue weighted by Gasteiger charge is -2.12. The Hall–Kier alpha value is -2.38. The average molecular weight is 433 g/mol. The lowest BCUT2D eigenvalue weighted by atomic mass is 10.1. The third-order valence-electron chi connectivity index (χ3n) is 3.70. The molecule has 1 amide bonds. The van der Waals surface area contributed by atoms with Crippen molar-refractivity contribution in [2.24, 2.45) is 0 Å². The summed E-state index contributed by atoms with van der Waals surface area (Å²) in [7, 11) is 1.55. The highest BCUT2D eigenvalue weighted by molar-refractivity contribution is 9.10. The molecule has 0 saturated carbocycles. The lowest BCUT2D eigenvalue weighted by Crippen LogP contribution is -2.12. The summed E-state index contributed by atoms with van der Waals surface area (Å²) >= 11 is 4.96. The molecule has 1 aromatic heterocycles. The van der Waals surface area contributed by atoms with Gasteiger partial charge in [0, 0.05) is 21.1 Å². The van der Waals surface area contributed by atoms with Crippen molar-refractivity contribution in [2.45, 2.75) is 13.5 Å². The highest BCUT2D eigenvalue weighted by Gasteiger charge is 2.12. The number of thiazole rings is 1. The van der Waals surface area contributed by atoms with Gasteiger partial charge in [0.2, 0.25) is 0 Å². The number of hydrogen-bond acceptors (Lipinski definition) is 5. The average Bonchev–Trinajstić information content (AvgIpc) is 3.16. The minimum atomic E-state index is -0.212. The Morgan fingerprint density at radius 2 is 2.08 bits per heavy atom. The second-order valence-corrected chi connectivity index (χ2v) is 7.13. The second-order valence-electron chi connectivity index (χ2n) is 5.55. The maximum Gasteiger partial charge on any atom is 0.255 e. The topological polar surface area (TPSA) is 60.5 Å². The summed E-state index contributed by atoms with van der Waals surface area (Å²) in [4.78, 5) is 16.7. The van der Waals surface area contributed by atoms with Crippen LogP contribution in [0, 0.1) is 6.92 Å². The van der Waals surface area contributed by atoms with E-state index in [1.807, 2.05) is 30.5 Å². The Morgan fingerprint density at radius 3 is 2.77 bits per heavy atom. The predicted molar refractivity (Wildman–Crippen MR) is 106 cm³/mol. The molecule has 0 aliphatic rings.